The van der Waals surface area contributed by atoms with Gasteiger partial charge in [0.2, 0.25) is 0 Å². The first kappa shape index (κ1) is 20.5. The minimum absolute atomic E-state index is 0.211. The Kier molecular flexibility index (Phi) is 5.49. The van der Waals surface area contributed by atoms with Crippen LogP contribution in [0.15, 0.2) is 54.6 Å². The summed E-state index contributed by atoms with van der Waals surface area (Å²) in [5.74, 6) is 1.91. The van der Waals surface area contributed by atoms with Gasteiger partial charge in [-0.1, -0.05) is 42.5 Å². The molecule has 1 heterocycles. The second-order valence-corrected chi connectivity index (χ2v) is 9.17. The van der Waals surface area contributed by atoms with E-state index in [-0.39, 0.29) is 18.3 Å². The van der Waals surface area contributed by atoms with E-state index in [0.717, 1.165) is 5.75 Å². The molecule has 2 aromatic rings. The Morgan fingerprint density at radius 3 is 2.10 bits per heavy atom. The van der Waals surface area contributed by atoms with Crippen molar-refractivity contribution in [3.05, 3.63) is 65.7 Å². The summed E-state index contributed by atoms with van der Waals surface area (Å²) in [4.78, 5) is 0. The van der Waals surface area contributed by atoms with Crippen molar-refractivity contribution in [2.75, 3.05) is 13.7 Å². The monoisotopic (exact) mass is 394 g/mol. The van der Waals surface area contributed by atoms with Gasteiger partial charge in [-0.05, 0) is 62.8 Å². The van der Waals surface area contributed by atoms with E-state index >= 15 is 0 Å². The first-order valence-electron chi connectivity index (χ1n) is 10.4. The minimum atomic E-state index is -0.319. The fourth-order valence-corrected chi connectivity index (χ4v) is 4.21. The fourth-order valence-electron chi connectivity index (χ4n) is 4.21. The van der Waals surface area contributed by atoms with Gasteiger partial charge in [-0.25, -0.2) is 0 Å². The van der Waals surface area contributed by atoms with E-state index in [1.54, 1.807) is 7.11 Å². The molecule has 29 heavy (non-hydrogen) atoms. The topological polar surface area (TPSA) is 36.9 Å². The van der Waals surface area contributed by atoms with E-state index in [2.05, 4.69) is 52.0 Å². The largest absolute Gasteiger partial charge is 0.497 e. The average molecular weight is 394 g/mol. The van der Waals surface area contributed by atoms with Crippen LogP contribution in [0, 0.1) is 5.92 Å². The third-order valence-electron chi connectivity index (χ3n) is 6.74. The molecule has 2 fully saturated rings. The molecule has 0 amide bonds. The van der Waals surface area contributed by atoms with Gasteiger partial charge in [0.15, 0.2) is 0 Å². The molecule has 1 saturated heterocycles. The molecule has 0 radical (unpaired) electrons. The molecule has 1 aliphatic heterocycles. The van der Waals surface area contributed by atoms with Crippen molar-refractivity contribution in [1.29, 1.82) is 0 Å². The third-order valence-corrected chi connectivity index (χ3v) is 6.74. The van der Waals surface area contributed by atoms with Crippen LogP contribution >= 0.6 is 0 Å². The van der Waals surface area contributed by atoms with Crippen molar-refractivity contribution in [3.63, 3.8) is 0 Å². The molecule has 4 rings (SSSR count). The predicted octanol–water partition coefficient (Wildman–Crippen LogP) is 5.09. The van der Waals surface area contributed by atoms with Gasteiger partial charge < -0.3 is 18.8 Å². The lowest BCUT2D eigenvalue weighted by Crippen LogP contribution is -2.41. The Morgan fingerprint density at radius 2 is 1.52 bits per heavy atom. The first-order valence-corrected chi connectivity index (χ1v) is 10.4. The zero-order valence-electron chi connectivity index (χ0n) is 18.1. The van der Waals surface area contributed by atoms with Crippen molar-refractivity contribution in [2.24, 2.45) is 5.92 Å². The molecule has 5 heteroatoms. The van der Waals surface area contributed by atoms with E-state index in [1.165, 1.54) is 11.1 Å². The maximum absolute atomic E-state index is 6.38. The van der Waals surface area contributed by atoms with Crippen molar-refractivity contribution >= 4 is 7.12 Å². The van der Waals surface area contributed by atoms with E-state index < -0.39 is 0 Å². The van der Waals surface area contributed by atoms with Crippen LogP contribution in [0.1, 0.15) is 44.7 Å². The standard InChI is InChI=1S/C24H31BO4/c1-23(2)24(3,4)29-25(28-23)22-20(16-27-15-17-9-7-6-8-10-17)21(22)18-11-13-19(26-5)14-12-18/h6-14,20-22H,15-16H2,1-5H3/t20-,21-,22-/m0/s1. The summed E-state index contributed by atoms with van der Waals surface area (Å²) in [5, 5.41) is 0. The normalized spacial score (nSPS) is 27.1. The van der Waals surface area contributed by atoms with Crippen molar-refractivity contribution < 1.29 is 18.8 Å². The van der Waals surface area contributed by atoms with Crippen molar-refractivity contribution in [3.8, 4) is 5.75 Å². The fraction of sp³-hybridized carbons (Fsp3) is 0.500. The molecule has 4 nitrogen and oxygen atoms in total. The lowest BCUT2D eigenvalue weighted by atomic mass is 9.79. The number of benzene rings is 2. The highest BCUT2D eigenvalue weighted by molar-refractivity contribution is 6.49. The zero-order valence-corrected chi connectivity index (χ0v) is 18.1. The average Bonchev–Trinajstić information content (AvgIpc) is 3.36. The smallest absolute Gasteiger partial charge is 0.462 e. The molecule has 0 bridgehead atoms. The van der Waals surface area contributed by atoms with Crippen molar-refractivity contribution in [2.45, 2.75) is 57.2 Å². The van der Waals surface area contributed by atoms with Crippen LogP contribution in [0.3, 0.4) is 0 Å². The lowest BCUT2D eigenvalue weighted by molar-refractivity contribution is 0.00578. The van der Waals surface area contributed by atoms with Gasteiger partial charge >= 0.3 is 7.12 Å². The van der Waals surface area contributed by atoms with Gasteiger partial charge in [0.1, 0.15) is 5.75 Å². The quantitative estimate of drug-likeness (QED) is 0.614. The summed E-state index contributed by atoms with van der Waals surface area (Å²) >= 11 is 0. The van der Waals surface area contributed by atoms with Crippen molar-refractivity contribution in [1.82, 2.24) is 0 Å². The molecule has 0 unspecified atom stereocenters. The summed E-state index contributed by atoms with van der Waals surface area (Å²) in [6.45, 7) is 9.76. The summed E-state index contributed by atoms with van der Waals surface area (Å²) in [6, 6.07) is 18.7. The van der Waals surface area contributed by atoms with Crippen LogP contribution in [-0.2, 0) is 20.7 Å². The summed E-state index contributed by atoms with van der Waals surface area (Å²) in [5.41, 5.74) is 1.85. The molecule has 1 saturated carbocycles. The van der Waals surface area contributed by atoms with Crippen LogP contribution in [0.5, 0.6) is 5.75 Å². The van der Waals surface area contributed by atoms with Crippen LogP contribution in [-0.4, -0.2) is 32.0 Å². The van der Waals surface area contributed by atoms with Gasteiger partial charge in [-0.2, -0.15) is 0 Å². The maximum atomic E-state index is 6.38. The highest BCUT2D eigenvalue weighted by Crippen LogP contribution is 2.63. The van der Waals surface area contributed by atoms with E-state index in [9.17, 15) is 0 Å². The Hall–Kier alpha value is -1.82. The van der Waals surface area contributed by atoms with E-state index in [0.29, 0.717) is 30.9 Å². The van der Waals surface area contributed by atoms with Gasteiger partial charge in [0, 0.05) is 5.82 Å². The highest BCUT2D eigenvalue weighted by atomic mass is 16.7. The van der Waals surface area contributed by atoms with Crippen LogP contribution in [0.2, 0.25) is 5.82 Å². The van der Waals surface area contributed by atoms with E-state index in [1.807, 2.05) is 30.3 Å². The van der Waals surface area contributed by atoms with Crippen LogP contribution in [0.4, 0.5) is 0 Å². The van der Waals surface area contributed by atoms with Gasteiger partial charge in [0.05, 0.1) is 31.5 Å². The molecule has 1 aliphatic carbocycles. The van der Waals surface area contributed by atoms with Crippen LogP contribution < -0.4 is 4.74 Å². The highest BCUT2D eigenvalue weighted by Gasteiger charge is 2.65. The number of hydrogen-bond acceptors (Lipinski definition) is 4. The maximum Gasteiger partial charge on any atom is 0.462 e. The number of hydrogen-bond donors (Lipinski definition) is 0. The van der Waals surface area contributed by atoms with E-state index in [4.69, 9.17) is 18.8 Å². The Labute approximate surface area is 174 Å². The molecule has 0 aromatic heterocycles. The van der Waals surface area contributed by atoms with Gasteiger partial charge in [0.25, 0.3) is 0 Å². The molecular formula is C24H31BO4. The Morgan fingerprint density at radius 1 is 0.897 bits per heavy atom. The molecular weight excluding hydrogens is 363 g/mol. The first-order chi connectivity index (χ1) is 13.8. The molecule has 154 valence electrons. The lowest BCUT2D eigenvalue weighted by Gasteiger charge is -2.32. The number of rotatable bonds is 7. The number of ether oxygens (including phenoxy) is 2. The molecule has 2 aromatic carbocycles. The second kappa shape index (κ2) is 7.79. The van der Waals surface area contributed by atoms with Gasteiger partial charge in [-0.3, -0.25) is 0 Å². The molecule has 0 N–H and O–H groups in total. The summed E-state index contributed by atoms with van der Waals surface area (Å²) < 4.78 is 24.2. The van der Waals surface area contributed by atoms with Crippen LogP contribution in [0.25, 0.3) is 0 Å². The van der Waals surface area contributed by atoms with Gasteiger partial charge in [-0.15, -0.1) is 0 Å². The third kappa shape index (κ3) is 4.09. The molecule has 2 aliphatic rings. The SMILES string of the molecule is COc1ccc([C@H]2[C@H](COCc3ccccc3)[C@@H]2B2OC(C)(C)C(C)(C)O2)cc1. The number of methoxy groups -OCH3 is 1. The predicted molar refractivity (Wildman–Crippen MR) is 115 cm³/mol. The second-order valence-electron chi connectivity index (χ2n) is 9.17. The minimum Gasteiger partial charge on any atom is -0.497 e. The Bertz CT molecular complexity index is 803. The summed E-state index contributed by atoms with van der Waals surface area (Å²) in [7, 11) is 1.48. The molecule has 0 spiro atoms. The Balaban J connectivity index is 1.47. The molecule has 3 atom stereocenters. The summed E-state index contributed by atoms with van der Waals surface area (Å²) in [6.07, 6.45) is 0. The zero-order chi connectivity index (χ0) is 20.6.